The lowest BCUT2D eigenvalue weighted by Crippen LogP contribution is -2.18. The SMILES string of the molecule is Cc1cccc2nc(COC(=O)c3cccc(F)c3)cc(=O)n12. The van der Waals surface area contributed by atoms with Crippen molar-refractivity contribution in [2.24, 2.45) is 0 Å². The second-order valence-corrected chi connectivity index (χ2v) is 5.03. The molecule has 2 heterocycles. The van der Waals surface area contributed by atoms with E-state index in [1.807, 2.05) is 0 Å². The fourth-order valence-corrected chi connectivity index (χ4v) is 2.28. The molecular formula is C17H13FN2O3. The lowest BCUT2D eigenvalue weighted by Gasteiger charge is -2.07. The fraction of sp³-hybridized carbons (Fsp3) is 0.118. The molecule has 0 saturated carbocycles. The Labute approximate surface area is 131 Å². The predicted molar refractivity (Wildman–Crippen MR) is 81.7 cm³/mol. The van der Waals surface area contributed by atoms with Crippen LogP contribution in [-0.2, 0) is 11.3 Å². The highest BCUT2D eigenvalue weighted by molar-refractivity contribution is 5.89. The molecule has 0 N–H and O–H groups in total. The van der Waals surface area contributed by atoms with Crippen LogP contribution >= 0.6 is 0 Å². The first-order valence-corrected chi connectivity index (χ1v) is 6.95. The van der Waals surface area contributed by atoms with Gasteiger partial charge in [0.25, 0.3) is 5.56 Å². The van der Waals surface area contributed by atoms with Crippen molar-refractivity contribution >= 4 is 11.6 Å². The van der Waals surface area contributed by atoms with Gasteiger partial charge in [0, 0.05) is 11.8 Å². The molecule has 0 atom stereocenters. The number of benzene rings is 1. The lowest BCUT2D eigenvalue weighted by molar-refractivity contribution is 0.0467. The van der Waals surface area contributed by atoms with Crippen LogP contribution in [-0.4, -0.2) is 15.4 Å². The quantitative estimate of drug-likeness (QED) is 0.697. The number of carbonyl (C=O) groups excluding carboxylic acids is 1. The number of nitrogens with zero attached hydrogens (tertiary/aromatic N) is 2. The summed E-state index contributed by atoms with van der Waals surface area (Å²) in [5.41, 5.74) is 1.45. The minimum atomic E-state index is -0.671. The third-order valence-corrected chi connectivity index (χ3v) is 3.34. The molecule has 1 aromatic carbocycles. The van der Waals surface area contributed by atoms with E-state index < -0.39 is 11.8 Å². The van der Waals surface area contributed by atoms with Gasteiger partial charge in [-0.1, -0.05) is 12.1 Å². The van der Waals surface area contributed by atoms with Crippen LogP contribution < -0.4 is 5.56 Å². The van der Waals surface area contributed by atoms with Crippen molar-refractivity contribution in [2.75, 3.05) is 0 Å². The van der Waals surface area contributed by atoms with E-state index in [4.69, 9.17) is 4.74 Å². The summed E-state index contributed by atoms with van der Waals surface area (Å²) in [4.78, 5) is 28.3. The molecular weight excluding hydrogens is 299 g/mol. The molecule has 0 aliphatic carbocycles. The number of aromatic nitrogens is 2. The van der Waals surface area contributed by atoms with Gasteiger partial charge in [-0.25, -0.2) is 14.2 Å². The molecule has 0 amide bonds. The molecule has 116 valence electrons. The Kier molecular flexibility index (Phi) is 3.89. The number of halogens is 1. The predicted octanol–water partition coefficient (Wildman–Crippen LogP) is 2.50. The molecule has 0 aliphatic heterocycles. The monoisotopic (exact) mass is 312 g/mol. The molecule has 0 fully saturated rings. The Morgan fingerprint density at radius 3 is 2.78 bits per heavy atom. The van der Waals surface area contributed by atoms with Crippen molar-refractivity contribution in [3.8, 4) is 0 Å². The summed E-state index contributed by atoms with van der Waals surface area (Å²) < 4.78 is 19.6. The van der Waals surface area contributed by atoms with Gasteiger partial charge >= 0.3 is 5.97 Å². The van der Waals surface area contributed by atoms with E-state index in [2.05, 4.69) is 4.98 Å². The summed E-state index contributed by atoms with van der Waals surface area (Å²) in [7, 11) is 0. The van der Waals surface area contributed by atoms with Crippen LogP contribution in [0.25, 0.3) is 5.65 Å². The molecule has 3 aromatic rings. The lowest BCUT2D eigenvalue weighted by atomic mass is 10.2. The van der Waals surface area contributed by atoms with Gasteiger partial charge in [0.1, 0.15) is 18.1 Å². The Balaban J connectivity index is 1.82. The topological polar surface area (TPSA) is 60.7 Å². The van der Waals surface area contributed by atoms with Crippen molar-refractivity contribution in [1.82, 2.24) is 9.38 Å². The molecule has 2 aromatic heterocycles. The average Bonchev–Trinajstić information content (AvgIpc) is 2.52. The number of ether oxygens (including phenoxy) is 1. The Bertz CT molecular complexity index is 950. The van der Waals surface area contributed by atoms with Gasteiger partial charge < -0.3 is 4.74 Å². The fourth-order valence-electron chi connectivity index (χ4n) is 2.28. The summed E-state index contributed by atoms with van der Waals surface area (Å²) in [6.07, 6.45) is 0. The standard InChI is InChI=1S/C17H13FN2O3/c1-11-4-2-7-15-19-14(9-16(21)20(11)15)10-23-17(22)12-5-3-6-13(18)8-12/h2-9H,10H2,1H3. The Morgan fingerprint density at radius 1 is 1.22 bits per heavy atom. The summed E-state index contributed by atoms with van der Waals surface area (Å²) >= 11 is 0. The Hall–Kier alpha value is -3.02. The van der Waals surface area contributed by atoms with E-state index in [9.17, 15) is 14.0 Å². The van der Waals surface area contributed by atoms with Gasteiger partial charge in [0.05, 0.1) is 11.3 Å². The van der Waals surface area contributed by atoms with E-state index in [1.54, 1.807) is 25.1 Å². The summed E-state index contributed by atoms with van der Waals surface area (Å²) in [5.74, 6) is -1.19. The molecule has 0 radical (unpaired) electrons. The van der Waals surface area contributed by atoms with Crippen LogP contribution in [0.2, 0.25) is 0 Å². The largest absolute Gasteiger partial charge is 0.456 e. The number of rotatable bonds is 3. The zero-order chi connectivity index (χ0) is 16.4. The van der Waals surface area contributed by atoms with Gasteiger partial charge in [-0.2, -0.15) is 0 Å². The van der Waals surface area contributed by atoms with Gasteiger partial charge in [-0.05, 0) is 37.3 Å². The number of carbonyl (C=O) groups is 1. The number of hydrogen-bond donors (Lipinski definition) is 0. The minimum Gasteiger partial charge on any atom is -0.456 e. The first kappa shape index (κ1) is 14.9. The molecule has 3 rings (SSSR count). The molecule has 0 bridgehead atoms. The number of hydrogen-bond acceptors (Lipinski definition) is 4. The van der Waals surface area contributed by atoms with Crippen LogP contribution in [0.1, 0.15) is 21.7 Å². The number of esters is 1. The summed E-state index contributed by atoms with van der Waals surface area (Å²) in [6.45, 7) is 1.65. The molecule has 0 unspecified atom stereocenters. The minimum absolute atomic E-state index is 0.110. The van der Waals surface area contributed by atoms with E-state index in [-0.39, 0.29) is 17.7 Å². The number of aryl methyl sites for hydroxylation is 1. The van der Waals surface area contributed by atoms with Gasteiger partial charge in [0.15, 0.2) is 0 Å². The van der Waals surface area contributed by atoms with E-state index in [0.717, 1.165) is 11.8 Å². The van der Waals surface area contributed by atoms with Crippen LogP contribution in [0.5, 0.6) is 0 Å². The summed E-state index contributed by atoms with van der Waals surface area (Å²) in [5, 5.41) is 0. The first-order chi connectivity index (χ1) is 11.0. The molecule has 23 heavy (non-hydrogen) atoms. The van der Waals surface area contributed by atoms with E-state index in [1.165, 1.54) is 28.7 Å². The number of pyridine rings is 1. The van der Waals surface area contributed by atoms with Crippen molar-refractivity contribution in [3.63, 3.8) is 0 Å². The van der Waals surface area contributed by atoms with Gasteiger partial charge in [-0.15, -0.1) is 0 Å². The van der Waals surface area contributed by atoms with E-state index >= 15 is 0 Å². The van der Waals surface area contributed by atoms with Crippen molar-refractivity contribution in [3.05, 3.63) is 81.7 Å². The normalized spacial score (nSPS) is 10.7. The maximum atomic E-state index is 13.1. The molecule has 5 nitrogen and oxygen atoms in total. The first-order valence-electron chi connectivity index (χ1n) is 6.95. The van der Waals surface area contributed by atoms with Crippen molar-refractivity contribution < 1.29 is 13.9 Å². The van der Waals surface area contributed by atoms with Crippen LogP contribution in [0.15, 0.2) is 53.3 Å². The highest BCUT2D eigenvalue weighted by atomic mass is 19.1. The van der Waals surface area contributed by atoms with Crippen LogP contribution in [0.3, 0.4) is 0 Å². The third kappa shape index (κ3) is 3.11. The maximum Gasteiger partial charge on any atom is 0.338 e. The highest BCUT2D eigenvalue weighted by Gasteiger charge is 2.10. The number of fused-ring (bicyclic) bond motifs is 1. The zero-order valence-electron chi connectivity index (χ0n) is 12.3. The summed E-state index contributed by atoms with van der Waals surface area (Å²) in [6, 6.07) is 11.8. The molecule has 0 saturated heterocycles. The van der Waals surface area contributed by atoms with Crippen molar-refractivity contribution in [1.29, 1.82) is 0 Å². The highest BCUT2D eigenvalue weighted by Crippen LogP contribution is 2.08. The van der Waals surface area contributed by atoms with E-state index in [0.29, 0.717) is 11.3 Å². The molecule has 0 aliphatic rings. The van der Waals surface area contributed by atoms with Crippen LogP contribution in [0, 0.1) is 12.7 Å². The van der Waals surface area contributed by atoms with Crippen LogP contribution in [0.4, 0.5) is 4.39 Å². The second-order valence-electron chi connectivity index (χ2n) is 5.03. The average molecular weight is 312 g/mol. The smallest absolute Gasteiger partial charge is 0.338 e. The third-order valence-electron chi connectivity index (χ3n) is 3.34. The van der Waals surface area contributed by atoms with Gasteiger partial charge in [0.2, 0.25) is 0 Å². The molecule has 6 heteroatoms. The Morgan fingerprint density at radius 2 is 2.00 bits per heavy atom. The second kappa shape index (κ2) is 6.00. The van der Waals surface area contributed by atoms with Crippen molar-refractivity contribution in [2.45, 2.75) is 13.5 Å². The van der Waals surface area contributed by atoms with Gasteiger partial charge in [-0.3, -0.25) is 9.20 Å². The maximum absolute atomic E-state index is 13.1. The molecule has 0 spiro atoms. The zero-order valence-corrected chi connectivity index (χ0v) is 12.3.